The average molecular weight is 237 g/mol. The summed E-state index contributed by atoms with van der Waals surface area (Å²) in [4.78, 5) is 14.6. The summed E-state index contributed by atoms with van der Waals surface area (Å²) in [6, 6.07) is 0. The fourth-order valence-corrected chi connectivity index (χ4v) is 1.75. The monoisotopic (exact) mass is 237 g/mol. The third-order valence-corrected chi connectivity index (χ3v) is 2.86. The zero-order chi connectivity index (χ0) is 11.5. The lowest BCUT2D eigenvalue weighted by Crippen LogP contribution is -2.03. The summed E-state index contributed by atoms with van der Waals surface area (Å²) < 4.78 is 36.5. The maximum Gasteiger partial charge on any atom is 0.443 e. The minimum atomic E-state index is -4.45. The van der Waals surface area contributed by atoms with E-state index in [4.69, 9.17) is 0 Å². The lowest BCUT2D eigenvalue weighted by atomic mass is 10.2. The number of carbonyl (C=O) groups is 1. The molecule has 1 aromatic heterocycles. The van der Waals surface area contributed by atoms with Gasteiger partial charge in [0.05, 0.1) is 4.88 Å². The van der Waals surface area contributed by atoms with Crippen LogP contribution in [0.3, 0.4) is 0 Å². The summed E-state index contributed by atoms with van der Waals surface area (Å²) in [5.74, 6) is -0.259. The lowest BCUT2D eigenvalue weighted by Gasteiger charge is -1.98. The summed E-state index contributed by atoms with van der Waals surface area (Å²) >= 11 is 0.413. The highest BCUT2D eigenvalue weighted by atomic mass is 32.1. The first-order chi connectivity index (χ1) is 6.95. The van der Waals surface area contributed by atoms with Crippen LogP contribution in [-0.4, -0.2) is 10.8 Å². The average Bonchev–Trinajstić information content (AvgIpc) is 2.62. The molecule has 0 N–H and O–H groups in total. The van der Waals surface area contributed by atoms with Gasteiger partial charge in [0.1, 0.15) is 0 Å². The summed E-state index contributed by atoms with van der Waals surface area (Å²) in [5, 5.41) is -0.956. The van der Waals surface area contributed by atoms with Crippen molar-refractivity contribution in [1.82, 2.24) is 4.98 Å². The Hall–Kier alpha value is -0.910. The molecule has 0 saturated heterocycles. The van der Waals surface area contributed by atoms with Crippen LogP contribution >= 0.6 is 11.3 Å². The number of rotatable bonds is 4. The van der Waals surface area contributed by atoms with Crippen LogP contribution in [0.5, 0.6) is 0 Å². The van der Waals surface area contributed by atoms with Gasteiger partial charge in [-0.2, -0.15) is 13.2 Å². The summed E-state index contributed by atoms with van der Waals surface area (Å²) in [6.07, 6.45) is -1.62. The second kappa shape index (κ2) is 4.74. The highest BCUT2D eigenvalue weighted by Gasteiger charge is 2.35. The standard InChI is InChI=1S/C9H10F3NOS/c1-2-3-4-6(14)7-5-13-8(15-7)9(10,11)12/h5H,2-4H2,1H3. The number of halogens is 3. The van der Waals surface area contributed by atoms with Crippen molar-refractivity contribution in [2.24, 2.45) is 0 Å². The second-order valence-corrected chi connectivity index (χ2v) is 4.08. The SMILES string of the molecule is CCCCC(=O)c1cnc(C(F)(F)F)s1. The van der Waals surface area contributed by atoms with Gasteiger partial charge >= 0.3 is 6.18 Å². The summed E-state index contributed by atoms with van der Waals surface area (Å²) in [7, 11) is 0. The van der Waals surface area contributed by atoms with E-state index in [0.29, 0.717) is 17.8 Å². The van der Waals surface area contributed by atoms with E-state index in [2.05, 4.69) is 4.98 Å². The topological polar surface area (TPSA) is 30.0 Å². The van der Waals surface area contributed by atoms with Crippen molar-refractivity contribution in [3.05, 3.63) is 16.1 Å². The van der Waals surface area contributed by atoms with Crippen molar-refractivity contribution in [2.75, 3.05) is 0 Å². The quantitative estimate of drug-likeness (QED) is 0.750. The van der Waals surface area contributed by atoms with Crippen LogP contribution in [0.2, 0.25) is 0 Å². The van der Waals surface area contributed by atoms with Crippen LogP contribution in [0, 0.1) is 0 Å². The number of hydrogen-bond acceptors (Lipinski definition) is 3. The Morgan fingerprint density at radius 1 is 1.53 bits per heavy atom. The van der Waals surface area contributed by atoms with Gasteiger partial charge < -0.3 is 0 Å². The molecule has 0 radical (unpaired) electrons. The van der Waals surface area contributed by atoms with Gasteiger partial charge in [0, 0.05) is 12.6 Å². The number of alkyl halides is 3. The van der Waals surface area contributed by atoms with Crippen LogP contribution in [0.15, 0.2) is 6.20 Å². The van der Waals surface area contributed by atoms with Crippen molar-refractivity contribution in [2.45, 2.75) is 32.4 Å². The third-order valence-electron chi connectivity index (χ3n) is 1.78. The van der Waals surface area contributed by atoms with Crippen LogP contribution in [0.4, 0.5) is 13.2 Å². The second-order valence-electron chi connectivity index (χ2n) is 3.05. The fourth-order valence-electron chi connectivity index (χ4n) is 0.995. The minimum Gasteiger partial charge on any atom is -0.293 e. The normalized spacial score (nSPS) is 11.7. The van der Waals surface area contributed by atoms with Crippen molar-refractivity contribution in [3.63, 3.8) is 0 Å². The number of nitrogens with zero attached hydrogens (tertiary/aromatic N) is 1. The van der Waals surface area contributed by atoms with Crippen LogP contribution in [0.1, 0.15) is 40.9 Å². The molecule has 0 aliphatic carbocycles. The molecule has 84 valence electrons. The maximum absolute atomic E-state index is 12.2. The highest BCUT2D eigenvalue weighted by molar-refractivity contribution is 7.13. The number of thiazole rings is 1. The Morgan fingerprint density at radius 2 is 2.20 bits per heavy atom. The van der Waals surface area contributed by atoms with Gasteiger partial charge in [-0.1, -0.05) is 13.3 Å². The Labute approximate surface area is 89.1 Å². The van der Waals surface area contributed by atoms with E-state index in [9.17, 15) is 18.0 Å². The molecule has 1 aromatic rings. The van der Waals surface area contributed by atoms with E-state index in [0.717, 1.165) is 12.6 Å². The largest absolute Gasteiger partial charge is 0.443 e. The van der Waals surface area contributed by atoms with E-state index in [1.165, 1.54) is 0 Å². The molecule has 0 unspecified atom stereocenters. The van der Waals surface area contributed by atoms with E-state index >= 15 is 0 Å². The summed E-state index contributed by atoms with van der Waals surface area (Å²) in [6.45, 7) is 1.92. The molecule has 6 heteroatoms. The van der Waals surface area contributed by atoms with Crippen LogP contribution in [0.25, 0.3) is 0 Å². The van der Waals surface area contributed by atoms with Gasteiger partial charge in [-0.15, -0.1) is 11.3 Å². The molecule has 0 saturated carbocycles. The number of aromatic nitrogens is 1. The fraction of sp³-hybridized carbons (Fsp3) is 0.556. The van der Waals surface area contributed by atoms with Gasteiger partial charge in [0.2, 0.25) is 0 Å². The Bertz CT molecular complexity index is 345. The van der Waals surface area contributed by atoms with Crippen molar-refractivity contribution >= 4 is 17.1 Å². The molecule has 0 amide bonds. The zero-order valence-corrected chi connectivity index (χ0v) is 8.91. The highest BCUT2D eigenvalue weighted by Crippen LogP contribution is 2.32. The predicted octanol–water partition coefficient (Wildman–Crippen LogP) is 3.53. The predicted molar refractivity (Wildman–Crippen MR) is 51.0 cm³/mol. The molecule has 1 heterocycles. The molecule has 15 heavy (non-hydrogen) atoms. The van der Waals surface area contributed by atoms with Gasteiger partial charge in [-0.3, -0.25) is 4.79 Å². The molecular formula is C9H10F3NOS. The molecule has 0 aliphatic heterocycles. The van der Waals surface area contributed by atoms with E-state index in [-0.39, 0.29) is 17.1 Å². The molecule has 1 rings (SSSR count). The summed E-state index contributed by atoms with van der Waals surface area (Å²) in [5.41, 5.74) is 0. The smallest absolute Gasteiger partial charge is 0.293 e. The first-order valence-corrected chi connectivity index (χ1v) is 5.33. The Balaban J connectivity index is 2.72. The third kappa shape index (κ3) is 3.30. The van der Waals surface area contributed by atoms with Crippen LogP contribution in [-0.2, 0) is 6.18 Å². The van der Waals surface area contributed by atoms with Gasteiger partial charge in [-0.05, 0) is 6.42 Å². The molecular weight excluding hydrogens is 227 g/mol. The van der Waals surface area contributed by atoms with Crippen molar-refractivity contribution in [3.8, 4) is 0 Å². The molecule has 0 aliphatic rings. The Morgan fingerprint density at radius 3 is 2.67 bits per heavy atom. The zero-order valence-electron chi connectivity index (χ0n) is 8.10. The molecule has 0 fully saturated rings. The Kier molecular flexibility index (Phi) is 3.84. The molecule has 0 atom stereocenters. The number of hydrogen-bond donors (Lipinski definition) is 0. The van der Waals surface area contributed by atoms with Gasteiger partial charge in [0.25, 0.3) is 0 Å². The number of carbonyl (C=O) groups excluding carboxylic acids is 1. The lowest BCUT2D eigenvalue weighted by molar-refractivity contribution is -0.137. The molecule has 0 bridgehead atoms. The number of ketones is 1. The van der Waals surface area contributed by atoms with E-state index in [1.54, 1.807) is 0 Å². The molecule has 0 spiro atoms. The molecule has 2 nitrogen and oxygen atoms in total. The molecule has 0 aromatic carbocycles. The van der Waals surface area contributed by atoms with Gasteiger partial charge in [0.15, 0.2) is 10.8 Å². The first kappa shape index (κ1) is 12.2. The number of unbranched alkanes of at least 4 members (excludes halogenated alkanes) is 1. The van der Waals surface area contributed by atoms with Crippen LogP contribution < -0.4 is 0 Å². The van der Waals surface area contributed by atoms with Crippen molar-refractivity contribution in [1.29, 1.82) is 0 Å². The van der Waals surface area contributed by atoms with Crippen molar-refractivity contribution < 1.29 is 18.0 Å². The first-order valence-electron chi connectivity index (χ1n) is 4.51. The minimum absolute atomic E-state index is 0.0933. The number of Topliss-reactive ketones (excluding diaryl/α,β-unsaturated/α-hetero) is 1. The van der Waals surface area contributed by atoms with E-state index < -0.39 is 11.2 Å². The van der Waals surface area contributed by atoms with E-state index in [1.807, 2.05) is 6.92 Å². The van der Waals surface area contributed by atoms with Gasteiger partial charge in [-0.25, -0.2) is 4.98 Å². The maximum atomic E-state index is 12.2.